The summed E-state index contributed by atoms with van der Waals surface area (Å²) in [5.74, 6) is 2.85. The van der Waals surface area contributed by atoms with Crippen molar-refractivity contribution in [1.82, 2.24) is 0 Å². The molecule has 0 radical (unpaired) electrons. The van der Waals surface area contributed by atoms with Crippen molar-refractivity contribution in [3.8, 4) is 0 Å². The number of fused-ring (bicyclic) bond motifs is 1. The molecule has 0 saturated heterocycles. The third kappa shape index (κ3) is 2.55. The fourth-order valence-electron chi connectivity index (χ4n) is 3.55. The van der Waals surface area contributed by atoms with Gasteiger partial charge < -0.3 is 5.11 Å². The zero-order chi connectivity index (χ0) is 11.1. The molecule has 0 amide bonds. The third-order valence-corrected chi connectivity index (χ3v) is 4.64. The van der Waals surface area contributed by atoms with Gasteiger partial charge in [-0.05, 0) is 42.4 Å². The maximum Gasteiger partial charge on any atom is 0.0591 e. The van der Waals surface area contributed by atoms with Crippen molar-refractivity contribution in [2.24, 2.45) is 23.2 Å². The zero-order valence-electron chi connectivity index (χ0n) is 10.5. The number of hydrogen-bond acceptors (Lipinski definition) is 1. The molecule has 2 saturated carbocycles. The summed E-state index contributed by atoms with van der Waals surface area (Å²) in [5, 5.41) is 10.1. The Hall–Kier alpha value is -0.0400. The van der Waals surface area contributed by atoms with Crippen LogP contribution >= 0.6 is 0 Å². The van der Waals surface area contributed by atoms with Crippen LogP contribution in [-0.2, 0) is 0 Å². The predicted octanol–water partition coefficient (Wildman–Crippen LogP) is 3.61. The third-order valence-electron chi connectivity index (χ3n) is 4.64. The van der Waals surface area contributed by atoms with Gasteiger partial charge in [0.25, 0.3) is 0 Å². The van der Waals surface area contributed by atoms with Gasteiger partial charge >= 0.3 is 0 Å². The molecule has 1 unspecified atom stereocenters. The summed E-state index contributed by atoms with van der Waals surface area (Å²) in [6.45, 7) is 6.44. The smallest absolute Gasteiger partial charge is 0.0591 e. The van der Waals surface area contributed by atoms with E-state index < -0.39 is 0 Å². The van der Waals surface area contributed by atoms with E-state index in [1.54, 1.807) is 0 Å². The fourth-order valence-corrected chi connectivity index (χ4v) is 3.55. The Morgan fingerprint density at radius 2 is 1.67 bits per heavy atom. The molecule has 88 valence electrons. The van der Waals surface area contributed by atoms with Crippen LogP contribution in [0.2, 0.25) is 0 Å². The van der Waals surface area contributed by atoms with Crippen molar-refractivity contribution in [2.45, 2.75) is 65.4 Å². The highest BCUT2D eigenvalue weighted by atomic mass is 16.3. The van der Waals surface area contributed by atoms with E-state index in [0.717, 1.165) is 24.2 Å². The maximum absolute atomic E-state index is 10.1. The number of rotatable bonds is 2. The van der Waals surface area contributed by atoms with Crippen LogP contribution in [-0.4, -0.2) is 11.2 Å². The topological polar surface area (TPSA) is 20.2 Å². The zero-order valence-corrected chi connectivity index (χ0v) is 10.5. The second-order valence-corrected chi connectivity index (χ2v) is 6.91. The predicted molar refractivity (Wildman–Crippen MR) is 63.6 cm³/mol. The minimum atomic E-state index is -0.110. The molecule has 0 bridgehead atoms. The minimum Gasteiger partial charge on any atom is -0.393 e. The maximum atomic E-state index is 10.1. The molecule has 0 spiro atoms. The largest absolute Gasteiger partial charge is 0.393 e. The van der Waals surface area contributed by atoms with E-state index in [1.165, 1.54) is 32.1 Å². The number of hydrogen-bond donors (Lipinski definition) is 1. The summed E-state index contributed by atoms with van der Waals surface area (Å²) in [4.78, 5) is 0. The molecule has 0 heterocycles. The molecule has 3 atom stereocenters. The van der Waals surface area contributed by atoms with Gasteiger partial charge in [-0.2, -0.15) is 0 Å². The van der Waals surface area contributed by atoms with Crippen molar-refractivity contribution in [3.05, 3.63) is 0 Å². The Labute approximate surface area is 94.3 Å². The van der Waals surface area contributed by atoms with Gasteiger partial charge in [0.2, 0.25) is 0 Å². The summed E-state index contributed by atoms with van der Waals surface area (Å²) in [7, 11) is 0. The molecule has 1 N–H and O–H groups in total. The van der Waals surface area contributed by atoms with Crippen LogP contribution in [0.4, 0.5) is 0 Å². The van der Waals surface area contributed by atoms with E-state index in [1.807, 2.05) is 0 Å². The van der Waals surface area contributed by atoms with Crippen LogP contribution in [0.3, 0.4) is 0 Å². The quantitative estimate of drug-likeness (QED) is 0.738. The van der Waals surface area contributed by atoms with E-state index in [-0.39, 0.29) is 11.5 Å². The van der Waals surface area contributed by atoms with Gasteiger partial charge in [0.05, 0.1) is 6.10 Å². The molecule has 1 heteroatoms. The van der Waals surface area contributed by atoms with Gasteiger partial charge in [-0.3, -0.25) is 0 Å². The van der Waals surface area contributed by atoms with Gasteiger partial charge in [-0.25, -0.2) is 0 Å². The Kier molecular flexibility index (Phi) is 3.12. The second-order valence-electron chi connectivity index (χ2n) is 6.91. The van der Waals surface area contributed by atoms with Crippen LogP contribution in [0.1, 0.15) is 59.3 Å². The monoisotopic (exact) mass is 210 g/mol. The van der Waals surface area contributed by atoms with Gasteiger partial charge in [0.1, 0.15) is 0 Å². The van der Waals surface area contributed by atoms with Crippen molar-refractivity contribution in [2.75, 3.05) is 0 Å². The molecule has 2 rings (SSSR count). The van der Waals surface area contributed by atoms with Gasteiger partial charge in [-0.15, -0.1) is 0 Å². The Morgan fingerprint density at radius 1 is 1.13 bits per heavy atom. The van der Waals surface area contributed by atoms with Gasteiger partial charge in [-0.1, -0.05) is 40.0 Å². The van der Waals surface area contributed by atoms with E-state index >= 15 is 0 Å². The first-order valence-electron chi connectivity index (χ1n) is 6.65. The Morgan fingerprint density at radius 3 is 2.13 bits per heavy atom. The summed E-state index contributed by atoms with van der Waals surface area (Å²) < 4.78 is 0. The standard InChI is InChI=1S/C14H26O/c1-14(2,3)13(15)9-10-7-11-5-4-6-12(11)8-10/h10-13,15H,4-9H2,1-3H3/t11-,12-,13?/m1/s1. The number of aliphatic hydroxyl groups excluding tert-OH is 1. The van der Waals surface area contributed by atoms with Crippen LogP contribution < -0.4 is 0 Å². The lowest BCUT2D eigenvalue weighted by molar-refractivity contribution is 0.0407. The molecule has 0 aromatic heterocycles. The lowest BCUT2D eigenvalue weighted by Gasteiger charge is -2.28. The first-order chi connectivity index (χ1) is 6.97. The van der Waals surface area contributed by atoms with Crippen LogP contribution in [0.15, 0.2) is 0 Å². The highest BCUT2D eigenvalue weighted by Gasteiger charge is 2.38. The Balaban J connectivity index is 1.82. The van der Waals surface area contributed by atoms with E-state index in [9.17, 15) is 5.11 Å². The van der Waals surface area contributed by atoms with Gasteiger partial charge in [0.15, 0.2) is 0 Å². The fraction of sp³-hybridized carbons (Fsp3) is 1.00. The normalized spacial score (nSPS) is 34.4. The molecule has 0 aromatic rings. The average molecular weight is 210 g/mol. The van der Waals surface area contributed by atoms with Crippen LogP contribution in [0, 0.1) is 23.2 Å². The van der Waals surface area contributed by atoms with E-state index in [2.05, 4.69) is 20.8 Å². The van der Waals surface area contributed by atoms with Gasteiger partial charge in [0, 0.05) is 0 Å². The highest BCUT2D eigenvalue weighted by Crippen LogP contribution is 2.48. The van der Waals surface area contributed by atoms with Crippen molar-refractivity contribution in [3.63, 3.8) is 0 Å². The first kappa shape index (κ1) is 11.4. The molecule has 1 nitrogen and oxygen atoms in total. The second kappa shape index (κ2) is 4.08. The van der Waals surface area contributed by atoms with Crippen molar-refractivity contribution in [1.29, 1.82) is 0 Å². The summed E-state index contributed by atoms with van der Waals surface area (Å²) in [5.41, 5.74) is 0.0672. The molecule has 2 aliphatic rings. The van der Waals surface area contributed by atoms with Crippen molar-refractivity contribution < 1.29 is 5.11 Å². The SMILES string of the molecule is CC(C)(C)C(O)CC1C[C@H]2CCC[C@@H]2C1. The summed E-state index contributed by atoms with van der Waals surface area (Å²) in [6, 6.07) is 0. The van der Waals surface area contributed by atoms with E-state index in [4.69, 9.17) is 0 Å². The molecular weight excluding hydrogens is 184 g/mol. The van der Waals surface area contributed by atoms with Crippen molar-refractivity contribution >= 4 is 0 Å². The number of aliphatic hydroxyl groups is 1. The molecule has 2 aliphatic carbocycles. The van der Waals surface area contributed by atoms with Crippen LogP contribution in [0.5, 0.6) is 0 Å². The lowest BCUT2D eigenvalue weighted by atomic mass is 9.82. The highest BCUT2D eigenvalue weighted by molar-refractivity contribution is 4.89. The first-order valence-corrected chi connectivity index (χ1v) is 6.65. The summed E-state index contributed by atoms with van der Waals surface area (Å²) in [6.07, 6.45) is 8.12. The lowest BCUT2D eigenvalue weighted by Crippen LogP contribution is -2.28. The Bertz CT molecular complexity index is 204. The average Bonchev–Trinajstić information content (AvgIpc) is 2.61. The molecule has 15 heavy (non-hydrogen) atoms. The summed E-state index contributed by atoms with van der Waals surface area (Å²) >= 11 is 0. The molecular formula is C14H26O. The molecule has 2 fully saturated rings. The van der Waals surface area contributed by atoms with Crippen LogP contribution in [0.25, 0.3) is 0 Å². The van der Waals surface area contributed by atoms with E-state index in [0.29, 0.717) is 0 Å². The molecule has 0 aliphatic heterocycles. The molecule has 0 aromatic carbocycles. The minimum absolute atomic E-state index is 0.0672.